The minimum absolute atomic E-state index is 0. The van der Waals surface area contributed by atoms with Crippen molar-refractivity contribution >= 4 is 35.0 Å². The lowest BCUT2D eigenvalue weighted by Crippen LogP contribution is -2.43. The first-order chi connectivity index (χ1) is 11.6. The summed E-state index contributed by atoms with van der Waals surface area (Å²) in [5.41, 5.74) is -1.48. The van der Waals surface area contributed by atoms with Crippen LogP contribution in [0, 0.1) is 0 Å². The molecule has 1 aromatic carbocycles. The highest BCUT2D eigenvalue weighted by Crippen LogP contribution is 2.31. The van der Waals surface area contributed by atoms with Gasteiger partial charge in [0.25, 0.3) is 0 Å². The normalized spacial score (nSPS) is 10.9. The first-order valence-corrected chi connectivity index (χ1v) is 9.08. The van der Waals surface area contributed by atoms with Crippen LogP contribution in [0.3, 0.4) is 0 Å². The fraction of sp³-hybridized carbons (Fsp3) is 0.600. The summed E-state index contributed by atoms with van der Waals surface area (Å²) in [7, 11) is 0. The predicted molar refractivity (Wildman–Crippen MR) is 104 cm³/mol. The molecule has 0 fully saturated rings. The fourth-order valence-electron chi connectivity index (χ4n) is 3.12. The Bertz CT molecular complexity index is 488. The molecule has 0 amide bonds. The molecule has 0 bridgehead atoms. The van der Waals surface area contributed by atoms with E-state index < -0.39 is 17.4 Å². The highest BCUT2D eigenvalue weighted by Gasteiger charge is 2.47. The van der Waals surface area contributed by atoms with Crippen molar-refractivity contribution in [2.24, 2.45) is 0 Å². The molecular weight excluding hydrogens is 329 g/mol. The number of carboxylic acids is 2. The standard InChI is InChI=1S/C20H30O4.Mg.2H/c1-2-3-4-5-6-7-8-9-13-16-20(18(21)22,19(23)24)17-14-11-10-12-15-17;;;/h10-12,14-15H,2-9,13,16H2,1H3,(H,21,22)(H,23,24);;;. The highest BCUT2D eigenvalue weighted by molar-refractivity contribution is 6.04. The number of carbonyl (C=O) groups is 2. The number of unbranched alkanes of at least 4 members (excludes halogenated alkanes) is 8. The molecule has 0 aliphatic rings. The molecule has 0 heterocycles. The SMILES string of the molecule is CCCCCCCCCCCC(C(=O)O)(C(=O)O)c1ccccc1.[MgH2]. The third kappa shape index (κ3) is 7.36. The van der Waals surface area contributed by atoms with Crippen molar-refractivity contribution in [3.63, 3.8) is 0 Å². The van der Waals surface area contributed by atoms with Gasteiger partial charge in [0.2, 0.25) is 0 Å². The van der Waals surface area contributed by atoms with E-state index in [9.17, 15) is 19.8 Å². The van der Waals surface area contributed by atoms with Crippen LogP contribution in [0.5, 0.6) is 0 Å². The third-order valence-electron chi connectivity index (χ3n) is 4.65. The zero-order valence-electron chi connectivity index (χ0n) is 14.7. The maximum atomic E-state index is 11.7. The predicted octanol–water partition coefficient (Wildman–Crippen LogP) is 4.10. The molecule has 0 unspecified atom stereocenters. The number of carboxylic acid groups (broad SMARTS) is 2. The molecule has 0 atom stereocenters. The van der Waals surface area contributed by atoms with Crippen molar-refractivity contribution in [1.82, 2.24) is 0 Å². The minimum Gasteiger partial charge on any atom is -0.480 e. The molecule has 4 nitrogen and oxygen atoms in total. The van der Waals surface area contributed by atoms with Crippen molar-refractivity contribution < 1.29 is 19.8 Å². The Morgan fingerprint density at radius 2 is 1.24 bits per heavy atom. The van der Waals surface area contributed by atoms with E-state index in [-0.39, 0.29) is 29.5 Å². The summed E-state index contributed by atoms with van der Waals surface area (Å²) >= 11 is 0. The summed E-state index contributed by atoms with van der Waals surface area (Å²) in [4.78, 5) is 23.5. The molecule has 1 aromatic rings. The Balaban J connectivity index is 0.00000576. The van der Waals surface area contributed by atoms with Crippen LogP contribution in [0.15, 0.2) is 30.3 Å². The molecule has 0 aliphatic heterocycles. The van der Waals surface area contributed by atoms with Gasteiger partial charge >= 0.3 is 35.0 Å². The van der Waals surface area contributed by atoms with Gasteiger partial charge in [-0.05, 0) is 12.0 Å². The molecule has 0 saturated heterocycles. The van der Waals surface area contributed by atoms with E-state index in [4.69, 9.17) is 0 Å². The molecule has 0 radical (unpaired) electrons. The average molecular weight is 361 g/mol. The molecule has 0 aromatic heterocycles. The van der Waals surface area contributed by atoms with Gasteiger partial charge in [-0.1, -0.05) is 95.0 Å². The summed E-state index contributed by atoms with van der Waals surface area (Å²) in [6, 6.07) is 8.32. The summed E-state index contributed by atoms with van der Waals surface area (Å²) < 4.78 is 0. The zero-order valence-corrected chi connectivity index (χ0v) is 14.7. The van der Waals surface area contributed by atoms with Gasteiger partial charge in [-0.2, -0.15) is 0 Å². The van der Waals surface area contributed by atoms with Crippen LogP contribution in [-0.4, -0.2) is 45.2 Å². The number of hydrogen-bond donors (Lipinski definition) is 2. The second-order valence-electron chi connectivity index (χ2n) is 6.46. The van der Waals surface area contributed by atoms with E-state index in [1.807, 2.05) is 0 Å². The van der Waals surface area contributed by atoms with Crippen molar-refractivity contribution in [2.75, 3.05) is 0 Å². The topological polar surface area (TPSA) is 74.6 Å². The fourth-order valence-corrected chi connectivity index (χ4v) is 3.12. The molecule has 5 heteroatoms. The quantitative estimate of drug-likeness (QED) is 0.315. The zero-order chi connectivity index (χ0) is 17.8. The van der Waals surface area contributed by atoms with Crippen molar-refractivity contribution in [2.45, 2.75) is 76.5 Å². The van der Waals surface area contributed by atoms with Gasteiger partial charge in [0.1, 0.15) is 0 Å². The van der Waals surface area contributed by atoms with Crippen LogP contribution >= 0.6 is 0 Å². The average Bonchev–Trinajstić information content (AvgIpc) is 2.57. The monoisotopic (exact) mass is 360 g/mol. The van der Waals surface area contributed by atoms with Crippen molar-refractivity contribution in [3.8, 4) is 0 Å². The smallest absolute Gasteiger partial charge is 0.325 e. The first kappa shape index (κ1) is 23.9. The number of aliphatic carboxylic acids is 2. The van der Waals surface area contributed by atoms with Crippen LogP contribution in [-0.2, 0) is 15.0 Å². The highest BCUT2D eigenvalue weighted by atomic mass is 24.3. The molecule has 0 aliphatic carbocycles. The van der Waals surface area contributed by atoms with Gasteiger partial charge in [-0.3, -0.25) is 9.59 Å². The van der Waals surface area contributed by atoms with E-state index in [0.717, 1.165) is 19.3 Å². The summed E-state index contributed by atoms with van der Waals surface area (Å²) in [6.45, 7) is 2.20. The number of rotatable bonds is 13. The Morgan fingerprint density at radius 3 is 1.68 bits per heavy atom. The lowest BCUT2D eigenvalue weighted by molar-refractivity contribution is -0.158. The van der Waals surface area contributed by atoms with E-state index in [1.54, 1.807) is 30.3 Å². The van der Waals surface area contributed by atoms with Crippen LogP contribution in [0.4, 0.5) is 0 Å². The van der Waals surface area contributed by atoms with Crippen molar-refractivity contribution in [1.29, 1.82) is 0 Å². The second-order valence-corrected chi connectivity index (χ2v) is 6.46. The summed E-state index contributed by atoms with van der Waals surface area (Å²) in [5.74, 6) is -2.55. The van der Waals surface area contributed by atoms with Crippen molar-refractivity contribution in [3.05, 3.63) is 35.9 Å². The van der Waals surface area contributed by atoms with Gasteiger partial charge in [-0.25, -0.2) is 0 Å². The molecule has 1 rings (SSSR count). The van der Waals surface area contributed by atoms with Crippen LogP contribution in [0.25, 0.3) is 0 Å². The maximum Gasteiger partial charge on any atom is 0.325 e. The van der Waals surface area contributed by atoms with Gasteiger partial charge in [-0.15, -0.1) is 0 Å². The third-order valence-corrected chi connectivity index (χ3v) is 4.65. The Morgan fingerprint density at radius 1 is 0.800 bits per heavy atom. The van der Waals surface area contributed by atoms with Crippen LogP contribution in [0.2, 0.25) is 0 Å². The Labute approximate surface area is 167 Å². The van der Waals surface area contributed by atoms with E-state index in [0.29, 0.717) is 12.0 Å². The van der Waals surface area contributed by atoms with Crippen LogP contribution < -0.4 is 0 Å². The molecule has 0 saturated carbocycles. The summed E-state index contributed by atoms with van der Waals surface area (Å²) in [5, 5.41) is 19.2. The Kier molecular flexibility index (Phi) is 12.6. The van der Waals surface area contributed by atoms with E-state index >= 15 is 0 Å². The molecule has 2 N–H and O–H groups in total. The summed E-state index contributed by atoms with van der Waals surface area (Å²) in [6.07, 6.45) is 10.1. The number of benzene rings is 1. The van der Waals surface area contributed by atoms with Gasteiger partial charge < -0.3 is 10.2 Å². The van der Waals surface area contributed by atoms with Crippen LogP contribution in [0.1, 0.15) is 76.7 Å². The van der Waals surface area contributed by atoms with E-state index in [2.05, 4.69) is 6.92 Å². The largest absolute Gasteiger partial charge is 0.480 e. The molecule has 0 spiro atoms. The molecule has 25 heavy (non-hydrogen) atoms. The Hall–Kier alpha value is -1.07. The van der Waals surface area contributed by atoms with Gasteiger partial charge in [0.15, 0.2) is 5.41 Å². The van der Waals surface area contributed by atoms with Gasteiger partial charge in [0.05, 0.1) is 0 Å². The molecule has 138 valence electrons. The lowest BCUT2D eigenvalue weighted by Gasteiger charge is -2.25. The lowest BCUT2D eigenvalue weighted by atomic mass is 9.76. The number of hydrogen-bond acceptors (Lipinski definition) is 2. The molecular formula is C20H32MgO4. The first-order valence-electron chi connectivity index (χ1n) is 9.08. The van der Waals surface area contributed by atoms with E-state index in [1.165, 1.54) is 32.1 Å². The van der Waals surface area contributed by atoms with Gasteiger partial charge in [0, 0.05) is 0 Å². The minimum atomic E-state index is -1.83. The second kappa shape index (κ2) is 13.2. The maximum absolute atomic E-state index is 11.7.